The van der Waals surface area contributed by atoms with Gasteiger partial charge < -0.3 is 9.64 Å². The lowest BCUT2D eigenvalue weighted by Crippen LogP contribution is -2.50. The lowest BCUT2D eigenvalue weighted by molar-refractivity contribution is 0.0703. The lowest BCUT2D eigenvalue weighted by Gasteiger charge is -2.33. The zero-order valence-electron chi connectivity index (χ0n) is 13.2. The van der Waals surface area contributed by atoms with Crippen LogP contribution >= 0.6 is 11.3 Å². The molecule has 0 spiro atoms. The Morgan fingerprint density at radius 1 is 1.30 bits per heavy atom. The smallest absolute Gasteiger partial charge is 0.264 e. The Labute approximate surface area is 141 Å². The second-order valence-electron chi connectivity index (χ2n) is 5.80. The van der Waals surface area contributed by atoms with Crippen molar-refractivity contribution in [2.75, 3.05) is 38.5 Å². The molecule has 8 heteroatoms. The minimum atomic E-state index is -3.16. The Morgan fingerprint density at radius 3 is 2.65 bits per heavy atom. The summed E-state index contributed by atoms with van der Waals surface area (Å²) >= 11 is 1.49. The quantitative estimate of drug-likeness (QED) is 0.822. The summed E-state index contributed by atoms with van der Waals surface area (Å²) in [6, 6.07) is 3.84. The van der Waals surface area contributed by atoms with E-state index in [9.17, 15) is 13.2 Å². The molecule has 0 saturated carbocycles. The average molecular weight is 358 g/mol. The second kappa shape index (κ2) is 6.88. The Bertz CT molecular complexity index is 657. The van der Waals surface area contributed by atoms with E-state index in [4.69, 9.17) is 4.74 Å². The van der Waals surface area contributed by atoms with E-state index in [0.29, 0.717) is 31.1 Å². The monoisotopic (exact) mass is 358 g/mol. The standard InChI is InChI=1S/C15H22N2O4S2/c1-2-23(19,20)17-9-7-16(8-10-17)15(18)14-6-5-13(22-14)12-4-3-11-21-12/h5-6,12H,2-4,7-11H2,1H3. The fraction of sp³-hybridized carbons (Fsp3) is 0.667. The van der Waals surface area contributed by atoms with Gasteiger partial charge in [-0.3, -0.25) is 4.79 Å². The molecule has 3 heterocycles. The first kappa shape index (κ1) is 16.9. The molecule has 2 aliphatic heterocycles. The van der Waals surface area contributed by atoms with Gasteiger partial charge in [0.25, 0.3) is 5.91 Å². The molecule has 1 amide bonds. The lowest BCUT2D eigenvalue weighted by atomic mass is 10.2. The number of rotatable bonds is 4. The van der Waals surface area contributed by atoms with Crippen LogP contribution in [-0.4, -0.2) is 62.1 Å². The van der Waals surface area contributed by atoms with E-state index in [1.807, 2.05) is 12.1 Å². The minimum Gasteiger partial charge on any atom is -0.373 e. The predicted molar refractivity (Wildman–Crippen MR) is 89.2 cm³/mol. The van der Waals surface area contributed by atoms with Gasteiger partial charge in [-0.25, -0.2) is 8.42 Å². The molecule has 0 radical (unpaired) electrons. The average Bonchev–Trinajstić information content (AvgIpc) is 3.25. The Morgan fingerprint density at radius 2 is 2.04 bits per heavy atom. The van der Waals surface area contributed by atoms with Crippen molar-refractivity contribution in [1.29, 1.82) is 0 Å². The molecular weight excluding hydrogens is 336 g/mol. The second-order valence-corrected chi connectivity index (χ2v) is 9.17. The van der Waals surface area contributed by atoms with Crippen molar-refractivity contribution >= 4 is 27.3 Å². The van der Waals surface area contributed by atoms with Gasteiger partial charge in [-0.2, -0.15) is 4.31 Å². The third kappa shape index (κ3) is 3.60. The third-order valence-corrected chi connectivity index (χ3v) is 7.42. The van der Waals surface area contributed by atoms with Crippen molar-refractivity contribution in [2.24, 2.45) is 0 Å². The fourth-order valence-electron chi connectivity index (χ4n) is 2.95. The molecule has 2 aliphatic rings. The fourth-order valence-corrected chi connectivity index (χ4v) is 5.10. The van der Waals surface area contributed by atoms with Gasteiger partial charge in [0.15, 0.2) is 0 Å². The van der Waals surface area contributed by atoms with Crippen molar-refractivity contribution in [3.63, 3.8) is 0 Å². The van der Waals surface area contributed by atoms with Gasteiger partial charge in [-0.05, 0) is 31.9 Å². The van der Waals surface area contributed by atoms with E-state index in [1.165, 1.54) is 15.6 Å². The van der Waals surface area contributed by atoms with Crippen LogP contribution in [0.5, 0.6) is 0 Å². The third-order valence-electron chi connectivity index (χ3n) is 4.37. The molecule has 2 fully saturated rings. The van der Waals surface area contributed by atoms with Gasteiger partial charge >= 0.3 is 0 Å². The van der Waals surface area contributed by atoms with Crippen LogP contribution in [0.2, 0.25) is 0 Å². The Kier molecular flexibility index (Phi) is 5.05. The number of amides is 1. The van der Waals surface area contributed by atoms with E-state index in [1.54, 1.807) is 11.8 Å². The zero-order chi connectivity index (χ0) is 16.4. The van der Waals surface area contributed by atoms with E-state index >= 15 is 0 Å². The van der Waals surface area contributed by atoms with Gasteiger partial charge in [0.1, 0.15) is 0 Å². The number of piperazine rings is 1. The summed E-state index contributed by atoms with van der Waals surface area (Å²) in [4.78, 5) is 16.1. The molecule has 23 heavy (non-hydrogen) atoms. The number of sulfonamides is 1. The first-order valence-electron chi connectivity index (χ1n) is 7.99. The molecule has 0 bridgehead atoms. The number of ether oxygens (including phenoxy) is 1. The number of hydrogen-bond acceptors (Lipinski definition) is 5. The van der Waals surface area contributed by atoms with E-state index in [-0.39, 0.29) is 17.8 Å². The summed E-state index contributed by atoms with van der Waals surface area (Å²) in [5, 5.41) is 0. The summed E-state index contributed by atoms with van der Waals surface area (Å²) in [5.74, 6) is 0.101. The van der Waals surface area contributed by atoms with Crippen LogP contribution in [0.15, 0.2) is 12.1 Å². The maximum Gasteiger partial charge on any atom is 0.264 e. The van der Waals surface area contributed by atoms with Crippen LogP contribution in [-0.2, 0) is 14.8 Å². The number of nitrogens with zero attached hydrogens (tertiary/aromatic N) is 2. The number of carbonyl (C=O) groups excluding carboxylic acids is 1. The highest BCUT2D eigenvalue weighted by Crippen LogP contribution is 2.33. The van der Waals surface area contributed by atoms with Gasteiger partial charge in [0.05, 0.1) is 16.7 Å². The van der Waals surface area contributed by atoms with Crippen molar-refractivity contribution in [3.8, 4) is 0 Å². The maximum absolute atomic E-state index is 12.6. The molecule has 1 aromatic heterocycles. The summed E-state index contributed by atoms with van der Waals surface area (Å²) < 4.78 is 30.9. The molecule has 1 atom stereocenters. The zero-order valence-corrected chi connectivity index (χ0v) is 14.9. The summed E-state index contributed by atoms with van der Waals surface area (Å²) in [6.07, 6.45) is 2.22. The molecule has 6 nitrogen and oxygen atoms in total. The number of thiophene rings is 1. The van der Waals surface area contributed by atoms with Crippen LogP contribution in [0, 0.1) is 0 Å². The van der Waals surface area contributed by atoms with Gasteiger partial charge in [0, 0.05) is 37.7 Å². The van der Waals surface area contributed by atoms with Crippen LogP contribution in [0.25, 0.3) is 0 Å². The SMILES string of the molecule is CCS(=O)(=O)N1CCN(C(=O)c2ccc(C3CCCO3)s2)CC1. The van der Waals surface area contributed by atoms with Crippen LogP contribution in [0.3, 0.4) is 0 Å². The van der Waals surface area contributed by atoms with Crippen LogP contribution in [0.4, 0.5) is 0 Å². The summed E-state index contributed by atoms with van der Waals surface area (Å²) in [6.45, 7) is 4.10. The van der Waals surface area contributed by atoms with Gasteiger partial charge in [0.2, 0.25) is 10.0 Å². The highest BCUT2D eigenvalue weighted by Gasteiger charge is 2.29. The van der Waals surface area contributed by atoms with Gasteiger partial charge in [-0.15, -0.1) is 11.3 Å². The maximum atomic E-state index is 12.6. The highest BCUT2D eigenvalue weighted by molar-refractivity contribution is 7.89. The molecular formula is C15H22N2O4S2. The van der Waals surface area contributed by atoms with Crippen LogP contribution < -0.4 is 0 Å². The normalized spacial score (nSPS) is 23.3. The topological polar surface area (TPSA) is 66.9 Å². The van der Waals surface area contributed by atoms with E-state index in [0.717, 1.165) is 24.3 Å². The van der Waals surface area contributed by atoms with Crippen molar-refractivity contribution < 1.29 is 17.9 Å². The Balaban J connectivity index is 1.61. The van der Waals surface area contributed by atoms with Crippen molar-refractivity contribution in [3.05, 3.63) is 21.9 Å². The minimum absolute atomic E-state index is 0.00667. The van der Waals surface area contributed by atoms with E-state index < -0.39 is 10.0 Å². The first-order chi connectivity index (χ1) is 11.0. The molecule has 3 rings (SSSR count). The van der Waals surface area contributed by atoms with Crippen molar-refractivity contribution in [1.82, 2.24) is 9.21 Å². The predicted octanol–water partition coefficient (Wildman–Crippen LogP) is 1.71. The number of carbonyl (C=O) groups is 1. The highest BCUT2D eigenvalue weighted by atomic mass is 32.2. The molecule has 1 unspecified atom stereocenters. The first-order valence-corrected chi connectivity index (χ1v) is 10.4. The van der Waals surface area contributed by atoms with Crippen molar-refractivity contribution in [2.45, 2.75) is 25.9 Å². The molecule has 0 N–H and O–H groups in total. The van der Waals surface area contributed by atoms with E-state index in [2.05, 4.69) is 0 Å². The molecule has 128 valence electrons. The molecule has 0 aromatic carbocycles. The Hall–Kier alpha value is -0.960. The van der Waals surface area contributed by atoms with Crippen LogP contribution in [0.1, 0.15) is 40.4 Å². The van der Waals surface area contributed by atoms with Gasteiger partial charge in [-0.1, -0.05) is 0 Å². The molecule has 0 aliphatic carbocycles. The molecule has 2 saturated heterocycles. The molecule has 1 aromatic rings. The summed E-state index contributed by atoms with van der Waals surface area (Å²) in [5.41, 5.74) is 0. The largest absolute Gasteiger partial charge is 0.373 e. The summed E-state index contributed by atoms with van der Waals surface area (Å²) in [7, 11) is -3.16. The number of hydrogen-bond donors (Lipinski definition) is 0.